The quantitative estimate of drug-likeness (QED) is 0.809. The molecule has 1 saturated carbocycles. The first-order chi connectivity index (χ1) is 9.45. The second-order valence-electron chi connectivity index (χ2n) is 7.08. The van der Waals surface area contributed by atoms with Crippen LogP contribution < -0.4 is 0 Å². The summed E-state index contributed by atoms with van der Waals surface area (Å²) in [7, 11) is 0. The van der Waals surface area contributed by atoms with Gasteiger partial charge in [0.15, 0.2) is 0 Å². The molecule has 1 heterocycles. The summed E-state index contributed by atoms with van der Waals surface area (Å²) in [6.45, 7) is 5.06. The predicted molar refractivity (Wildman–Crippen MR) is 70.2 cm³/mol. The minimum atomic E-state index is -2.85. The molecular weight excluding hydrogens is 284 g/mol. The summed E-state index contributed by atoms with van der Waals surface area (Å²) >= 11 is 0. The largest absolute Gasteiger partial charge is 0.481 e. The van der Waals surface area contributed by atoms with Gasteiger partial charge in [0.2, 0.25) is 5.92 Å². The third-order valence-electron chi connectivity index (χ3n) is 4.25. The number of carboxylic acid groups (broad SMARTS) is 1. The number of likely N-dealkylation sites (tertiary alicyclic amines) is 1. The molecule has 0 aromatic carbocycles. The van der Waals surface area contributed by atoms with Crippen LogP contribution in [0.4, 0.5) is 13.6 Å². The van der Waals surface area contributed by atoms with E-state index in [2.05, 4.69) is 0 Å². The van der Waals surface area contributed by atoms with Gasteiger partial charge in [-0.3, -0.25) is 4.79 Å². The van der Waals surface area contributed by atoms with Crippen molar-refractivity contribution < 1.29 is 28.2 Å². The SMILES string of the molecule is CC(C)(C)OC(=O)N1C[C@H]2CC(F)(F)CC[C@@]2(C(=O)O)C1. The van der Waals surface area contributed by atoms with Gasteiger partial charge in [0.1, 0.15) is 5.60 Å². The zero-order valence-corrected chi connectivity index (χ0v) is 12.5. The molecule has 0 radical (unpaired) electrons. The lowest BCUT2D eigenvalue weighted by molar-refractivity contribution is -0.160. The molecule has 21 heavy (non-hydrogen) atoms. The molecule has 7 heteroatoms. The molecule has 2 rings (SSSR count). The van der Waals surface area contributed by atoms with Crippen LogP contribution in [0.5, 0.6) is 0 Å². The number of alkyl halides is 2. The predicted octanol–water partition coefficient (Wildman–Crippen LogP) is 2.74. The number of amides is 1. The topological polar surface area (TPSA) is 66.8 Å². The number of carboxylic acids is 1. The van der Waals surface area contributed by atoms with Gasteiger partial charge in [-0.1, -0.05) is 0 Å². The number of hydrogen-bond acceptors (Lipinski definition) is 3. The highest BCUT2D eigenvalue weighted by atomic mass is 19.3. The highest BCUT2D eigenvalue weighted by Gasteiger charge is 2.60. The summed E-state index contributed by atoms with van der Waals surface area (Å²) in [5.41, 5.74) is -1.97. The van der Waals surface area contributed by atoms with Crippen molar-refractivity contribution in [2.45, 2.75) is 51.6 Å². The fourth-order valence-electron chi connectivity index (χ4n) is 3.20. The standard InChI is InChI=1S/C14H21F2NO4/c1-12(2,3)21-11(20)17-7-9-6-14(15,16)5-4-13(9,8-17)10(18)19/h9H,4-8H2,1-3H3,(H,18,19)/t9-,13-/m1/s1. The van der Waals surface area contributed by atoms with Crippen molar-refractivity contribution in [2.75, 3.05) is 13.1 Å². The molecule has 0 unspecified atom stereocenters. The zero-order chi connectivity index (χ0) is 16.1. The molecule has 1 N–H and O–H groups in total. The molecule has 5 nitrogen and oxygen atoms in total. The molecule has 0 aromatic rings. The van der Waals surface area contributed by atoms with Gasteiger partial charge in [0.25, 0.3) is 0 Å². The van der Waals surface area contributed by atoms with E-state index in [1.807, 2.05) is 0 Å². The Hall–Kier alpha value is -1.40. The number of carbonyl (C=O) groups excluding carboxylic acids is 1. The van der Waals surface area contributed by atoms with Crippen LogP contribution in [0.1, 0.15) is 40.0 Å². The summed E-state index contributed by atoms with van der Waals surface area (Å²) in [4.78, 5) is 24.9. The van der Waals surface area contributed by atoms with E-state index in [-0.39, 0.29) is 19.5 Å². The number of ether oxygens (including phenoxy) is 1. The maximum Gasteiger partial charge on any atom is 0.410 e. The van der Waals surface area contributed by atoms with Gasteiger partial charge in [-0.05, 0) is 27.2 Å². The molecule has 0 spiro atoms. The van der Waals surface area contributed by atoms with Crippen molar-refractivity contribution in [3.05, 3.63) is 0 Å². The average Bonchev–Trinajstić information content (AvgIpc) is 2.65. The molecule has 120 valence electrons. The van der Waals surface area contributed by atoms with Gasteiger partial charge in [0, 0.05) is 31.8 Å². The van der Waals surface area contributed by atoms with Crippen molar-refractivity contribution in [1.82, 2.24) is 4.90 Å². The fourth-order valence-corrected chi connectivity index (χ4v) is 3.20. The lowest BCUT2D eigenvalue weighted by Crippen LogP contribution is -2.46. The van der Waals surface area contributed by atoms with Crippen molar-refractivity contribution in [1.29, 1.82) is 0 Å². The Bertz CT molecular complexity index is 460. The summed E-state index contributed by atoms with van der Waals surface area (Å²) in [5.74, 6) is -4.69. The maximum absolute atomic E-state index is 13.5. The molecule has 0 bridgehead atoms. The number of fused-ring (bicyclic) bond motifs is 1. The molecule has 1 aliphatic heterocycles. The van der Waals surface area contributed by atoms with E-state index in [1.165, 1.54) is 4.90 Å². The Morgan fingerprint density at radius 1 is 1.29 bits per heavy atom. The van der Waals surface area contributed by atoms with Gasteiger partial charge in [0.05, 0.1) is 5.41 Å². The summed E-state index contributed by atoms with van der Waals surface area (Å²) in [6, 6.07) is 0. The van der Waals surface area contributed by atoms with Crippen molar-refractivity contribution in [3.63, 3.8) is 0 Å². The summed E-state index contributed by atoms with van der Waals surface area (Å²) in [6.07, 6.45) is -1.68. The molecule has 1 aliphatic carbocycles. The summed E-state index contributed by atoms with van der Waals surface area (Å²) < 4.78 is 32.3. The van der Waals surface area contributed by atoms with Crippen LogP contribution in [0, 0.1) is 11.3 Å². The third kappa shape index (κ3) is 3.11. The average molecular weight is 305 g/mol. The first kappa shape index (κ1) is 16.0. The Labute approximate surface area is 122 Å². The van der Waals surface area contributed by atoms with E-state index < -0.39 is 47.8 Å². The minimum Gasteiger partial charge on any atom is -0.481 e. The monoisotopic (exact) mass is 305 g/mol. The molecule has 0 aromatic heterocycles. The van der Waals surface area contributed by atoms with Gasteiger partial charge in [-0.2, -0.15) is 0 Å². The smallest absolute Gasteiger partial charge is 0.410 e. The Kier molecular flexibility index (Phi) is 3.66. The fraction of sp³-hybridized carbons (Fsp3) is 0.857. The molecule has 2 fully saturated rings. The highest BCUT2D eigenvalue weighted by molar-refractivity contribution is 5.78. The number of halogens is 2. The van der Waals surface area contributed by atoms with Crippen LogP contribution in [-0.4, -0.2) is 46.7 Å². The van der Waals surface area contributed by atoms with Crippen LogP contribution in [0.2, 0.25) is 0 Å². The van der Waals surface area contributed by atoms with Gasteiger partial charge < -0.3 is 14.7 Å². The van der Waals surface area contributed by atoms with Crippen LogP contribution in [0.15, 0.2) is 0 Å². The van der Waals surface area contributed by atoms with E-state index >= 15 is 0 Å². The lowest BCUT2D eigenvalue weighted by atomic mass is 9.67. The second-order valence-corrected chi connectivity index (χ2v) is 7.08. The van der Waals surface area contributed by atoms with Crippen LogP contribution in [0.25, 0.3) is 0 Å². The Morgan fingerprint density at radius 2 is 1.90 bits per heavy atom. The van der Waals surface area contributed by atoms with E-state index in [0.717, 1.165) is 0 Å². The molecular formula is C14H21F2NO4. The number of hydrogen-bond donors (Lipinski definition) is 1. The number of nitrogens with zero attached hydrogens (tertiary/aromatic N) is 1. The molecule has 1 saturated heterocycles. The van der Waals surface area contributed by atoms with Crippen molar-refractivity contribution >= 4 is 12.1 Å². The normalized spacial score (nSPS) is 31.7. The molecule has 2 atom stereocenters. The van der Waals surface area contributed by atoms with E-state index in [4.69, 9.17) is 4.74 Å². The second kappa shape index (κ2) is 4.81. The van der Waals surface area contributed by atoms with Crippen LogP contribution in [-0.2, 0) is 9.53 Å². The van der Waals surface area contributed by atoms with E-state index in [0.29, 0.717) is 0 Å². The Balaban J connectivity index is 2.18. The van der Waals surface area contributed by atoms with Gasteiger partial charge >= 0.3 is 12.1 Å². The molecule has 2 aliphatic rings. The van der Waals surface area contributed by atoms with E-state index in [1.54, 1.807) is 20.8 Å². The zero-order valence-electron chi connectivity index (χ0n) is 12.5. The Morgan fingerprint density at radius 3 is 2.43 bits per heavy atom. The van der Waals surface area contributed by atoms with Gasteiger partial charge in [-0.15, -0.1) is 0 Å². The first-order valence-corrected chi connectivity index (χ1v) is 7.04. The number of carbonyl (C=O) groups is 2. The third-order valence-corrected chi connectivity index (χ3v) is 4.25. The van der Waals surface area contributed by atoms with Gasteiger partial charge in [-0.25, -0.2) is 13.6 Å². The maximum atomic E-state index is 13.5. The number of rotatable bonds is 1. The minimum absolute atomic E-state index is 0.0107. The van der Waals surface area contributed by atoms with Crippen molar-refractivity contribution in [3.8, 4) is 0 Å². The number of aliphatic carboxylic acids is 1. The van der Waals surface area contributed by atoms with E-state index in [9.17, 15) is 23.5 Å². The first-order valence-electron chi connectivity index (χ1n) is 7.04. The summed E-state index contributed by atoms with van der Waals surface area (Å²) in [5, 5.41) is 9.48. The van der Waals surface area contributed by atoms with Crippen LogP contribution >= 0.6 is 0 Å². The lowest BCUT2D eigenvalue weighted by Gasteiger charge is -2.37. The van der Waals surface area contributed by atoms with Crippen molar-refractivity contribution in [2.24, 2.45) is 11.3 Å². The highest BCUT2D eigenvalue weighted by Crippen LogP contribution is 2.51. The van der Waals surface area contributed by atoms with Crippen LogP contribution in [0.3, 0.4) is 0 Å². The molecule has 1 amide bonds.